The van der Waals surface area contributed by atoms with E-state index in [1.54, 1.807) is 0 Å². The van der Waals surface area contributed by atoms with E-state index in [1.807, 2.05) is 0 Å². The van der Waals surface area contributed by atoms with Gasteiger partial charge in [-0.25, -0.2) is 0 Å². The van der Waals surface area contributed by atoms with E-state index in [2.05, 4.69) is 71.5 Å². The first-order chi connectivity index (χ1) is 4.84. The van der Waals surface area contributed by atoms with Gasteiger partial charge in [0, 0.05) is 0 Å². The Morgan fingerprint density at radius 2 is 1.90 bits per heavy atom. The molecule has 0 aliphatic rings. The van der Waals surface area contributed by atoms with Crippen LogP contribution in [0.5, 0.6) is 0 Å². The second kappa shape index (κ2) is 4.70. The van der Waals surface area contributed by atoms with E-state index in [1.165, 1.54) is 5.56 Å². The Morgan fingerprint density at radius 1 is 1.30 bits per heavy atom. The zero-order valence-corrected chi connectivity index (χ0v) is 8.38. The van der Waals surface area contributed by atoms with Gasteiger partial charge in [0.2, 0.25) is 0 Å². The molecule has 0 bridgehead atoms. The average molecular weight is 312 g/mol. The van der Waals surface area contributed by atoms with Crippen LogP contribution in [0.25, 0.3) is 0 Å². The molecule has 0 fully saturated rings. The summed E-state index contributed by atoms with van der Waals surface area (Å²) in [7, 11) is 0. The topological polar surface area (TPSA) is 0 Å². The van der Waals surface area contributed by atoms with Crippen molar-refractivity contribution >= 4 is 4.14 Å². The molecule has 0 amide bonds. The van der Waals surface area contributed by atoms with E-state index in [4.69, 9.17) is 0 Å². The van der Waals surface area contributed by atoms with Gasteiger partial charge < -0.3 is 0 Å². The zero-order chi connectivity index (χ0) is 7.40. The maximum atomic E-state index is 3.34. The van der Waals surface area contributed by atoms with E-state index in [0.29, 0.717) is 5.66 Å². The van der Waals surface area contributed by atoms with Crippen molar-refractivity contribution in [3.63, 3.8) is 0 Å². The van der Waals surface area contributed by atoms with Gasteiger partial charge in [0.25, 0.3) is 0 Å². The van der Waals surface area contributed by atoms with Gasteiger partial charge in [0.05, 0.1) is 0 Å². The van der Waals surface area contributed by atoms with Crippen molar-refractivity contribution in [2.24, 2.45) is 0 Å². The number of hydrogen-bond acceptors (Lipinski definition) is 0. The van der Waals surface area contributed by atoms with Crippen molar-refractivity contribution in [3.05, 3.63) is 35.9 Å². The van der Waals surface area contributed by atoms with Crippen LogP contribution in [0.4, 0.5) is 0 Å². The second-order valence-corrected chi connectivity index (χ2v) is 4.66. The summed E-state index contributed by atoms with van der Waals surface area (Å²) in [6, 6.07) is 10.6. The van der Waals surface area contributed by atoms with E-state index >= 15 is 0 Å². The monoisotopic (exact) mass is 312 g/mol. The minimum absolute atomic E-state index is 0.663. The molecule has 2 heteroatoms. The van der Waals surface area contributed by atoms with Crippen LogP contribution in [0.3, 0.4) is 0 Å². The van der Waals surface area contributed by atoms with Crippen molar-refractivity contribution in [2.75, 3.05) is 0 Å². The van der Waals surface area contributed by atoms with Gasteiger partial charge in [-0.3, -0.25) is 0 Å². The Hall–Kier alpha value is 0.884. The average Bonchev–Trinajstić information content (AvgIpc) is 2.05. The molecule has 0 aromatic heterocycles. The summed E-state index contributed by atoms with van der Waals surface area (Å²) in [6.07, 6.45) is 0. The molecule has 10 heavy (non-hydrogen) atoms. The first-order valence-corrected chi connectivity index (χ1v) is 6.52. The quantitative estimate of drug-likeness (QED) is 0.737. The standard InChI is InChI=1S/C8H10P.Lu/c1-7(9)8-5-3-2-4-6-8;/h2-7,9H,1H3;/q-1;+1. The Morgan fingerprint density at radius 3 is 2.40 bits per heavy atom. The SMILES string of the molecule is CC([PH][Lu])c1ccccc1. The summed E-state index contributed by atoms with van der Waals surface area (Å²) in [5, 5.41) is 0. The fourth-order valence-corrected chi connectivity index (χ4v) is 1.89. The van der Waals surface area contributed by atoms with Gasteiger partial charge in [-0.1, -0.05) is 0 Å². The number of benzene rings is 1. The summed E-state index contributed by atoms with van der Waals surface area (Å²) < 4.78 is 0.842. The van der Waals surface area contributed by atoms with Crippen molar-refractivity contribution < 1.29 is 34.2 Å². The molecular weight excluding hydrogens is 302 g/mol. The molecule has 1 aromatic rings. The predicted molar refractivity (Wildman–Crippen MR) is 43.2 cm³/mol. The molecule has 1 aromatic carbocycles. The van der Waals surface area contributed by atoms with Crippen molar-refractivity contribution in [1.29, 1.82) is 0 Å². The fraction of sp³-hybridized carbons (Fsp3) is 0.250. The molecule has 0 N–H and O–H groups in total. The van der Waals surface area contributed by atoms with Crippen LogP contribution in [0.2, 0.25) is 0 Å². The van der Waals surface area contributed by atoms with E-state index in [-0.39, 0.29) is 0 Å². The third-order valence-corrected chi connectivity index (χ3v) is 4.12. The summed E-state index contributed by atoms with van der Waals surface area (Å²) in [6.45, 7) is 2.23. The van der Waals surface area contributed by atoms with Crippen LogP contribution in [0, 0.1) is 34.2 Å². The van der Waals surface area contributed by atoms with Crippen LogP contribution in [0.15, 0.2) is 30.3 Å². The maximum absolute atomic E-state index is 3.34. The Balaban J connectivity index is 2.75. The molecule has 0 aliphatic carbocycles. The zero-order valence-electron chi connectivity index (χ0n) is 5.72. The van der Waals surface area contributed by atoms with Gasteiger partial charge in [0.15, 0.2) is 0 Å². The van der Waals surface area contributed by atoms with Crippen molar-refractivity contribution in [2.45, 2.75) is 12.6 Å². The van der Waals surface area contributed by atoms with Gasteiger partial charge in [-0.15, -0.1) is 0 Å². The molecule has 0 spiro atoms. The van der Waals surface area contributed by atoms with Crippen LogP contribution in [0.1, 0.15) is 18.1 Å². The van der Waals surface area contributed by atoms with Gasteiger partial charge >= 0.3 is 86.9 Å². The molecule has 62 valence electrons. The Kier molecular flexibility index (Phi) is 4.22. The van der Waals surface area contributed by atoms with Gasteiger partial charge in [-0.05, 0) is 0 Å². The molecule has 0 radical (unpaired) electrons. The van der Waals surface area contributed by atoms with Gasteiger partial charge in [-0.2, -0.15) is 0 Å². The molecule has 1 rings (SSSR count). The molecular formula is C8H10LuP. The third kappa shape index (κ3) is 2.49. The van der Waals surface area contributed by atoms with Crippen molar-refractivity contribution in [1.82, 2.24) is 0 Å². The molecule has 0 heterocycles. The van der Waals surface area contributed by atoms with Crippen LogP contribution in [-0.4, -0.2) is 0 Å². The molecule has 0 saturated heterocycles. The summed E-state index contributed by atoms with van der Waals surface area (Å²) in [4.78, 5) is 0. The van der Waals surface area contributed by atoms with Gasteiger partial charge in [0.1, 0.15) is 0 Å². The van der Waals surface area contributed by atoms with E-state index < -0.39 is 0 Å². The number of rotatable bonds is 2. The second-order valence-electron chi connectivity index (χ2n) is 2.21. The molecule has 0 aliphatic heterocycles. The Bertz CT molecular complexity index is 186. The summed E-state index contributed by atoms with van der Waals surface area (Å²) in [5.41, 5.74) is 2.08. The minimum atomic E-state index is 0.663. The molecule has 0 saturated carbocycles. The van der Waals surface area contributed by atoms with Crippen LogP contribution in [-0.2, 0) is 0 Å². The van der Waals surface area contributed by atoms with E-state index in [9.17, 15) is 0 Å². The molecule has 2 atom stereocenters. The summed E-state index contributed by atoms with van der Waals surface area (Å²) >= 11 is 3.34. The number of hydrogen-bond donors (Lipinski definition) is 0. The third-order valence-electron chi connectivity index (χ3n) is 1.41. The summed E-state index contributed by atoms with van der Waals surface area (Å²) in [5.74, 6) is 0. The predicted octanol–water partition coefficient (Wildman–Crippen LogP) is 2.89. The van der Waals surface area contributed by atoms with Crippen molar-refractivity contribution in [3.8, 4) is 0 Å². The van der Waals surface area contributed by atoms with Crippen LogP contribution < -0.4 is 0 Å². The molecule has 0 nitrogen and oxygen atoms in total. The van der Waals surface area contributed by atoms with Crippen LogP contribution >= 0.6 is 4.14 Å². The molecule has 2 unspecified atom stereocenters. The fourth-order valence-electron chi connectivity index (χ4n) is 0.785. The first-order valence-electron chi connectivity index (χ1n) is 3.19. The van der Waals surface area contributed by atoms with E-state index in [0.717, 1.165) is 4.14 Å². The normalized spacial score (nSPS) is 14.3. The first kappa shape index (κ1) is 8.98. The Labute approximate surface area is 86.1 Å².